The molecule has 0 spiro atoms. The number of rotatable bonds is 18. The Kier molecular flexibility index (Phi) is 17.9. The molecule has 0 rings (SSSR count). The van der Waals surface area contributed by atoms with Crippen LogP contribution in [0.4, 0.5) is 0 Å². The number of phosphoric acid groups is 1. The summed E-state index contributed by atoms with van der Waals surface area (Å²) in [6.07, 6.45) is 25.6. The standard InChI is InChI=1S/C24H38NO7P/c1-3-4-5-6-7-8-9-10-11-12-13-14-15-16-17-18-19-20-22(26)25-23(24(27)28)21(2)32-33(29,30)31/h4-5,7-8,10-11,13-14,16-17,21,23H,3,6,9,12,15,18-20H2,1-2H3,(H,25,26)(H,27,28)(H2,29,30,31)/b5-4?,8-7?,11-10?,14-13?,17-16-/t21-,23+/m1/s1. The van der Waals surface area contributed by atoms with Gasteiger partial charge in [0.1, 0.15) is 0 Å². The van der Waals surface area contributed by atoms with Gasteiger partial charge in [0, 0.05) is 6.42 Å². The van der Waals surface area contributed by atoms with Crippen molar-refractivity contribution in [3.63, 3.8) is 0 Å². The summed E-state index contributed by atoms with van der Waals surface area (Å²) in [4.78, 5) is 40.7. The topological polar surface area (TPSA) is 133 Å². The maximum absolute atomic E-state index is 11.9. The van der Waals surface area contributed by atoms with Crippen LogP contribution in [0.2, 0.25) is 0 Å². The molecule has 9 heteroatoms. The molecular weight excluding hydrogens is 445 g/mol. The van der Waals surface area contributed by atoms with E-state index >= 15 is 0 Å². The predicted molar refractivity (Wildman–Crippen MR) is 130 cm³/mol. The third-order valence-electron chi connectivity index (χ3n) is 4.29. The Balaban J connectivity index is 3.98. The van der Waals surface area contributed by atoms with Crippen molar-refractivity contribution in [1.82, 2.24) is 5.32 Å². The highest BCUT2D eigenvalue weighted by Gasteiger charge is 2.32. The maximum atomic E-state index is 11.9. The summed E-state index contributed by atoms with van der Waals surface area (Å²) < 4.78 is 15.2. The number of carboxylic acid groups (broad SMARTS) is 1. The number of carboxylic acids is 1. The number of hydrogen-bond acceptors (Lipinski definition) is 4. The van der Waals surface area contributed by atoms with E-state index in [2.05, 4.69) is 65.4 Å². The van der Waals surface area contributed by atoms with Crippen molar-refractivity contribution in [1.29, 1.82) is 0 Å². The van der Waals surface area contributed by atoms with Gasteiger partial charge in [-0.2, -0.15) is 0 Å². The Hall–Kier alpha value is -2.25. The van der Waals surface area contributed by atoms with E-state index in [1.807, 2.05) is 12.2 Å². The highest BCUT2D eigenvalue weighted by Crippen LogP contribution is 2.38. The highest BCUT2D eigenvalue weighted by molar-refractivity contribution is 7.46. The van der Waals surface area contributed by atoms with E-state index in [1.165, 1.54) is 6.92 Å². The van der Waals surface area contributed by atoms with Crippen LogP contribution in [0, 0.1) is 0 Å². The van der Waals surface area contributed by atoms with Gasteiger partial charge in [-0.15, -0.1) is 0 Å². The number of nitrogens with one attached hydrogen (secondary N) is 1. The van der Waals surface area contributed by atoms with Gasteiger partial charge in [-0.1, -0.05) is 67.7 Å². The molecule has 0 aliphatic carbocycles. The highest BCUT2D eigenvalue weighted by atomic mass is 31.2. The van der Waals surface area contributed by atoms with Gasteiger partial charge in [0.25, 0.3) is 0 Å². The number of hydrogen-bond donors (Lipinski definition) is 4. The molecule has 0 radical (unpaired) electrons. The summed E-state index contributed by atoms with van der Waals surface area (Å²) in [6, 6.07) is -1.54. The van der Waals surface area contributed by atoms with Crippen LogP contribution in [0.25, 0.3) is 0 Å². The molecule has 0 aliphatic rings. The molecule has 186 valence electrons. The van der Waals surface area contributed by atoms with Crippen LogP contribution in [0.15, 0.2) is 60.8 Å². The molecule has 0 fully saturated rings. The van der Waals surface area contributed by atoms with Gasteiger partial charge in [0.05, 0.1) is 6.10 Å². The third kappa shape index (κ3) is 20.1. The number of amides is 1. The minimum atomic E-state index is -4.85. The van der Waals surface area contributed by atoms with Crippen LogP contribution in [0.3, 0.4) is 0 Å². The van der Waals surface area contributed by atoms with Crippen molar-refractivity contribution < 1.29 is 33.6 Å². The van der Waals surface area contributed by atoms with E-state index < -0.39 is 31.8 Å². The van der Waals surface area contributed by atoms with Gasteiger partial charge in [-0.25, -0.2) is 9.36 Å². The number of unbranched alkanes of at least 4 members (excludes halogenated alkanes) is 1. The fourth-order valence-electron chi connectivity index (χ4n) is 2.65. The van der Waals surface area contributed by atoms with E-state index in [9.17, 15) is 14.2 Å². The lowest BCUT2D eigenvalue weighted by atomic mass is 10.1. The summed E-state index contributed by atoms with van der Waals surface area (Å²) in [5, 5.41) is 11.4. The molecule has 0 aromatic rings. The fraction of sp³-hybridized carbons (Fsp3) is 0.500. The third-order valence-corrected chi connectivity index (χ3v) is 4.90. The fourth-order valence-corrected chi connectivity index (χ4v) is 3.21. The zero-order chi connectivity index (χ0) is 25.0. The van der Waals surface area contributed by atoms with E-state index in [-0.39, 0.29) is 6.42 Å². The second-order valence-corrected chi connectivity index (χ2v) is 8.48. The van der Waals surface area contributed by atoms with E-state index in [4.69, 9.17) is 14.9 Å². The molecule has 0 unspecified atom stereocenters. The molecule has 0 saturated heterocycles. The molecule has 0 bridgehead atoms. The predicted octanol–water partition coefficient (Wildman–Crippen LogP) is 4.98. The minimum absolute atomic E-state index is 0.0979. The second-order valence-electron chi connectivity index (χ2n) is 7.28. The molecule has 1 amide bonds. The van der Waals surface area contributed by atoms with Crippen LogP contribution < -0.4 is 5.32 Å². The van der Waals surface area contributed by atoms with Crippen LogP contribution in [0.1, 0.15) is 65.2 Å². The lowest BCUT2D eigenvalue weighted by Gasteiger charge is -2.21. The Bertz CT molecular complexity index is 750. The maximum Gasteiger partial charge on any atom is 0.469 e. The summed E-state index contributed by atoms with van der Waals surface area (Å²) in [7, 11) is -4.85. The quantitative estimate of drug-likeness (QED) is 0.123. The van der Waals surface area contributed by atoms with E-state index in [1.54, 1.807) is 0 Å². The first-order valence-electron chi connectivity index (χ1n) is 11.2. The average molecular weight is 484 g/mol. The van der Waals surface area contributed by atoms with Crippen LogP contribution in [0.5, 0.6) is 0 Å². The van der Waals surface area contributed by atoms with Crippen molar-refractivity contribution in [2.24, 2.45) is 0 Å². The van der Waals surface area contributed by atoms with Crippen molar-refractivity contribution in [2.45, 2.75) is 77.4 Å². The number of allylic oxidation sites excluding steroid dienone is 10. The molecule has 0 aliphatic heterocycles. The van der Waals surface area contributed by atoms with Gasteiger partial charge in [-0.05, 0) is 51.9 Å². The summed E-state index contributed by atoms with van der Waals surface area (Å²) in [5.41, 5.74) is 0. The van der Waals surface area contributed by atoms with Crippen LogP contribution in [-0.2, 0) is 18.7 Å². The second kappa shape index (κ2) is 19.2. The molecular formula is C24H38NO7P. The molecule has 2 atom stereocenters. The Labute approximate surface area is 197 Å². The number of carbonyl (C=O) groups excluding carboxylic acids is 1. The number of phosphoric ester groups is 1. The average Bonchev–Trinajstić information content (AvgIpc) is 2.72. The van der Waals surface area contributed by atoms with Gasteiger partial charge < -0.3 is 20.2 Å². The molecule has 33 heavy (non-hydrogen) atoms. The summed E-state index contributed by atoms with van der Waals surface area (Å²) in [6.45, 7) is 3.30. The largest absolute Gasteiger partial charge is 0.480 e. The monoisotopic (exact) mass is 483 g/mol. The SMILES string of the molecule is CCC=CCC=CCC=CCC=CC/C=C\CCCC(=O)N[C@H](C(=O)O)[C@@H](C)OP(=O)(O)O. The zero-order valence-corrected chi connectivity index (χ0v) is 20.4. The molecule has 0 aromatic heterocycles. The van der Waals surface area contributed by atoms with Gasteiger partial charge in [-0.3, -0.25) is 9.32 Å². The Morgan fingerprint density at radius 2 is 1.33 bits per heavy atom. The number of aliphatic carboxylic acids is 1. The van der Waals surface area contributed by atoms with Crippen molar-refractivity contribution in [2.75, 3.05) is 0 Å². The molecule has 0 heterocycles. The van der Waals surface area contributed by atoms with Crippen molar-refractivity contribution in [3.05, 3.63) is 60.8 Å². The first-order valence-corrected chi connectivity index (χ1v) is 12.7. The van der Waals surface area contributed by atoms with Crippen molar-refractivity contribution in [3.8, 4) is 0 Å². The van der Waals surface area contributed by atoms with Gasteiger partial charge in [0.15, 0.2) is 6.04 Å². The number of carbonyl (C=O) groups is 2. The van der Waals surface area contributed by atoms with E-state index in [0.717, 1.165) is 32.1 Å². The van der Waals surface area contributed by atoms with Crippen LogP contribution in [-0.4, -0.2) is 38.9 Å². The Morgan fingerprint density at radius 3 is 1.76 bits per heavy atom. The van der Waals surface area contributed by atoms with Gasteiger partial charge >= 0.3 is 13.8 Å². The molecule has 8 nitrogen and oxygen atoms in total. The van der Waals surface area contributed by atoms with E-state index in [0.29, 0.717) is 12.8 Å². The van der Waals surface area contributed by atoms with Crippen LogP contribution >= 0.6 is 7.82 Å². The molecule has 0 saturated carbocycles. The first-order chi connectivity index (χ1) is 15.7. The Morgan fingerprint density at radius 1 is 0.879 bits per heavy atom. The van der Waals surface area contributed by atoms with Gasteiger partial charge in [0.2, 0.25) is 5.91 Å². The van der Waals surface area contributed by atoms with Crippen molar-refractivity contribution >= 4 is 19.7 Å². The zero-order valence-electron chi connectivity index (χ0n) is 19.5. The summed E-state index contributed by atoms with van der Waals surface area (Å²) in [5.74, 6) is -1.95. The smallest absolute Gasteiger partial charge is 0.469 e. The molecule has 0 aromatic carbocycles. The molecule has 4 N–H and O–H groups in total. The lowest BCUT2D eigenvalue weighted by molar-refractivity contribution is -0.144. The lowest BCUT2D eigenvalue weighted by Crippen LogP contribution is -2.48. The first kappa shape index (κ1) is 30.8. The summed E-state index contributed by atoms with van der Waals surface area (Å²) >= 11 is 0. The normalized spacial score (nSPS) is 14.8. The minimum Gasteiger partial charge on any atom is -0.480 e.